The van der Waals surface area contributed by atoms with E-state index in [0.717, 1.165) is 31.2 Å². The number of nitriles is 1. The van der Waals surface area contributed by atoms with Gasteiger partial charge in [0.15, 0.2) is 0 Å². The van der Waals surface area contributed by atoms with Crippen molar-refractivity contribution in [1.82, 2.24) is 0 Å². The van der Waals surface area contributed by atoms with Gasteiger partial charge in [-0.05, 0) is 37.2 Å². The SMILES string of the molecule is COCC(O)(c1ccccc1)C1(C#N)CCC(C)CC1. The number of hydrogen-bond donors (Lipinski definition) is 1. The molecule has 1 atom stereocenters. The molecule has 1 N–H and O–H groups in total. The average molecular weight is 273 g/mol. The molecule has 1 aromatic rings. The van der Waals surface area contributed by atoms with Crippen LogP contribution in [0.1, 0.15) is 38.2 Å². The van der Waals surface area contributed by atoms with E-state index in [1.807, 2.05) is 30.3 Å². The lowest BCUT2D eigenvalue weighted by Gasteiger charge is -2.46. The van der Waals surface area contributed by atoms with Gasteiger partial charge in [0, 0.05) is 7.11 Å². The number of benzene rings is 1. The zero-order chi connectivity index (χ0) is 14.6. The van der Waals surface area contributed by atoms with E-state index in [9.17, 15) is 10.4 Å². The van der Waals surface area contributed by atoms with E-state index >= 15 is 0 Å². The van der Waals surface area contributed by atoms with Crippen LogP contribution in [0.2, 0.25) is 0 Å². The molecular weight excluding hydrogens is 250 g/mol. The standard InChI is InChI=1S/C17H23NO2/c1-14-8-10-16(12-18,11-9-14)17(19,13-20-2)15-6-4-3-5-7-15/h3-7,14,19H,8-11,13H2,1-2H3. The van der Waals surface area contributed by atoms with Crippen LogP contribution in [0.3, 0.4) is 0 Å². The second-order valence-corrected chi connectivity index (χ2v) is 6.04. The molecule has 0 amide bonds. The minimum atomic E-state index is -1.24. The van der Waals surface area contributed by atoms with E-state index in [4.69, 9.17) is 4.74 Å². The summed E-state index contributed by atoms with van der Waals surface area (Å²) in [5, 5.41) is 21.1. The van der Waals surface area contributed by atoms with Gasteiger partial charge in [-0.25, -0.2) is 0 Å². The maximum atomic E-state index is 11.3. The molecule has 3 heteroatoms. The minimum absolute atomic E-state index is 0.152. The number of nitrogens with zero attached hydrogens (tertiary/aromatic N) is 1. The molecule has 1 aromatic carbocycles. The van der Waals surface area contributed by atoms with E-state index in [0.29, 0.717) is 5.92 Å². The molecule has 1 aliphatic rings. The summed E-state index contributed by atoms with van der Waals surface area (Å²) in [6.45, 7) is 2.36. The second kappa shape index (κ2) is 5.95. The Hall–Kier alpha value is -1.37. The molecule has 3 nitrogen and oxygen atoms in total. The fourth-order valence-corrected chi connectivity index (χ4v) is 3.29. The first kappa shape index (κ1) is 15.0. The van der Waals surface area contributed by atoms with Gasteiger partial charge in [-0.2, -0.15) is 5.26 Å². The van der Waals surface area contributed by atoms with Gasteiger partial charge in [0.1, 0.15) is 5.60 Å². The van der Waals surface area contributed by atoms with Crippen molar-refractivity contribution < 1.29 is 9.84 Å². The van der Waals surface area contributed by atoms with E-state index in [1.54, 1.807) is 7.11 Å². The number of aliphatic hydroxyl groups is 1. The number of hydrogen-bond acceptors (Lipinski definition) is 3. The van der Waals surface area contributed by atoms with Crippen molar-refractivity contribution >= 4 is 0 Å². The molecule has 20 heavy (non-hydrogen) atoms. The van der Waals surface area contributed by atoms with Crippen LogP contribution >= 0.6 is 0 Å². The third-order valence-corrected chi connectivity index (χ3v) is 4.74. The Labute approximate surface area is 121 Å². The van der Waals surface area contributed by atoms with Gasteiger partial charge in [0.25, 0.3) is 0 Å². The second-order valence-electron chi connectivity index (χ2n) is 6.04. The van der Waals surface area contributed by atoms with Gasteiger partial charge in [-0.1, -0.05) is 37.3 Å². The van der Waals surface area contributed by atoms with Crippen molar-refractivity contribution in [2.75, 3.05) is 13.7 Å². The van der Waals surface area contributed by atoms with Crippen LogP contribution in [-0.2, 0) is 10.3 Å². The van der Waals surface area contributed by atoms with Gasteiger partial charge < -0.3 is 9.84 Å². The van der Waals surface area contributed by atoms with Gasteiger partial charge >= 0.3 is 0 Å². The first-order valence-electron chi connectivity index (χ1n) is 7.26. The molecule has 1 fully saturated rings. The van der Waals surface area contributed by atoms with Crippen LogP contribution in [0, 0.1) is 22.7 Å². The highest BCUT2D eigenvalue weighted by Crippen LogP contribution is 2.50. The van der Waals surface area contributed by atoms with Crippen molar-refractivity contribution in [3.05, 3.63) is 35.9 Å². The fraction of sp³-hybridized carbons (Fsp3) is 0.588. The summed E-state index contributed by atoms with van der Waals surface area (Å²) >= 11 is 0. The summed E-state index contributed by atoms with van der Waals surface area (Å²) < 4.78 is 5.27. The Bertz CT molecular complexity index is 472. The van der Waals surface area contributed by atoms with E-state index < -0.39 is 11.0 Å². The zero-order valence-corrected chi connectivity index (χ0v) is 12.3. The topological polar surface area (TPSA) is 53.2 Å². The molecule has 1 saturated carbocycles. The maximum absolute atomic E-state index is 11.3. The first-order chi connectivity index (χ1) is 9.58. The van der Waals surface area contributed by atoms with Crippen LogP contribution in [0.25, 0.3) is 0 Å². The lowest BCUT2D eigenvalue weighted by atomic mass is 9.60. The molecule has 0 bridgehead atoms. The molecule has 1 unspecified atom stereocenters. The lowest BCUT2D eigenvalue weighted by molar-refractivity contribution is -0.125. The summed E-state index contributed by atoms with van der Waals surface area (Å²) in [6.07, 6.45) is 3.40. The normalized spacial score (nSPS) is 29.4. The third kappa shape index (κ3) is 2.46. The molecule has 0 saturated heterocycles. The molecule has 108 valence electrons. The number of rotatable bonds is 4. The molecule has 0 aliphatic heterocycles. The Morgan fingerprint density at radius 2 is 1.95 bits per heavy atom. The van der Waals surface area contributed by atoms with Crippen LogP contribution < -0.4 is 0 Å². The maximum Gasteiger partial charge on any atom is 0.131 e. The van der Waals surface area contributed by atoms with Gasteiger partial charge in [0.2, 0.25) is 0 Å². The Kier molecular flexibility index (Phi) is 4.47. The van der Waals surface area contributed by atoms with Gasteiger partial charge in [-0.15, -0.1) is 0 Å². The van der Waals surface area contributed by atoms with Crippen LogP contribution in [0.4, 0.5) is 0 Å². The quantitative estimate of drug-likeness (QED) is 0.916. The molecule has 0 heterocycles. The van der Waals surface area contributed by atoms with Gasteiger partial charge in [0.05, 0.1) is 18.1 Å². The largest absolute Gasteiger partial charge is 0.381 e. The summed E-state index contributed by atoms with van der Waals surface area (Å²) in [7, 11) is 1.57. The summed E-state index contributed by atoms with van der Waals surface area (Å²) in [5.74, 6) is 0.624. The predicted octanol–water partition coefficient (Wildman–Crippen LogP) is 3.24. The molecule has 2 rings (SSSR count). The van der Waals surface area contributed by atoms with Crippen LogP contribution in [-0.4, -0.2) is 18.8 Å². The predicted molar refractivity (Wildman–Crippen MR) is 77.9 cm³/mol. The van der Waals surface area contributed by atoms with Crippen LogP contribution in [0.5, 0.6) is 0 Å². The van der Waals surface area contributed by atoms with E-state index in [1.165, 1.54) is 0 Å². The fourth-order valence-electron chi connectivity index (χ4n) is 3.29. The third-order valence-electron chi connectivity index (χ3n) is 4.74. The van der Waals surface area contributed by atoms with Crippen LogP contribution in [0.15, 0.2) is 30.3 Å². The summed E-state index contributed by atoms with van der Waals surface area (Å²) in [6, 6.07) is 11.9. The average Bonchev–Trinajstić information content (AvgIpc) is 2.49. The molecule has 0 spiro atoms. The molecular formula is C17H23NO2. The number of methoxy groups -OCH3 is 1. The van der Waals surface area contributed by atoms with Crippen molar-refractivity contribution in [3.8, 4) is 6.07 Å². The summed E-state index contributed by atoms with van der Waals surface area (Å²) in [4.78, 5) is 0. The summed E-state index contributed by atoms with van der Waals surface area (Å²) in [5.41, 5.74) is -1.22. The lowest BCUT2D eigenvalue weighted by Crippen LogP contribution is -2.50. The number of ether oxygens (including phenoxy) is 1. The van der Waals surface area contributed by atoms with Crippen molar-refractivity contribution in [2.45, 2.75) is 38.2 Å². The molecule has 1 aliphatic carbocycles. The monoisotopic (exact) mass is 273 g/mol. The van der Waals surface area contributed by atoms with Crippen molar-refractivity contribution in [2.24, 2.45) is 11.3 Å². The Morgan fingerprint density at radius 1 is 1.35 bits per heavy atom. The molecule has 0 aromatic heterocycles. The highest BCUT2D eigenvalue weighted by Gasteiger charge is 2.53. The van der Waals surface area contributed by atoms with Crippen molar-refractivity contribution in [3.63, 3.8) is 0 Å². The van der Waals surface area contributed by atoms with E-state index in [2.05, 4.69) is 13.0 Å². The first-order valence-corrected chi connectivity index (χ1v) is 7.26. The highest BCUT2D eigenvalue weighted by molar-refractivity contribution is 5.29. The molecule has 0 radical (unpaired) electrons. The Morgan fingerprint density at radius 3 is 2.45 bits per heavy atom. The van der Waals surface area contributed by atoms with E-state index in [-0.39, 0.29) is 6.61 Å². The minimum Gasteiger partial charge on any atom is -0.381 e. The Balaban J connectivity index is 2.43. The highest BCUT2D eigenvalue weighted by atomic mass is 16.5. The zero-order valence-electron chi connectivity index (χ0n) is 12.3. The smallest absolute Gasteiger partial charge is 0.131 e. The van der Waals surface area contributed by atoms with Gasteiger partial charge in [-0.3, -0.25) is 0 Å². The van der Waals surface area contributed by atoms with Crippen molar-refractivity contribution in [1.29, 1.82) is 5.26 Å².